The second kappa shape index (κ2) is 4.37. The van der Waals surface area contributed by atoms with Crippen LogP contribution in [0.2, 0.25) is 0 Å². The Morgan fingerprint density at radius 2 is 2.24 bits per heavy atom. The maximum Gasteiger partial charge on any atom is 0.153 e. The smallest absolute Gasteiger partial charge is 0.153 e. The Morgan fingerprint density at radius 3 is 2.88 bits per heavy atom. The number of rotatable bonds is 3. The van der Waals surface area contributed by atoms with Gasteiger partial charge in [-0.3, -0.25) is 9.48 Å². The third-order valence-electron chi connectivity index (χ3n) is 2.42. The van der Waals surface area contributed by atoms with Gasteiger partial charge in [-0.2, -0.15) is 5.10 Å². The zero-order valence-electron chi connectivity index (χ0n) is 9.48. The molecule has 0 bridgehead atoms. The summed E-state index contributed by atoms with van der Waals surface area (Å²) in [5, 5.41) is 4.09. The highest BCUT2D eigenvalue weighted by molar-refractivity contribution is 5.87. The van der Waals surface area contributed by atoms with E-state index in [4.69, 9.17) is 4.74 Å². The van der Waals surface area contributed by atoms with Crippen molar-refractivity contribution in [3.8, 4) is 17.0 Å². The van der Waals surface area contributed by atoms with Crippen LogP contribution in [-0.4, -0.2) is 23.2 Å². The summed E-state index contributed by atoms with van der Waals surface area (Å²) < 4.78 is 20.4. The molecule has 1 heterocycles. The molecule has 0 amide bonds. The Labute approximate surface area is 97.6 Å². The first-order valence-corrected chi connectivity index (χ1v) is 4.99. The molecule has 1 aromatic heterocycles. The van der Waals surface area contributed by atoms with Crippen molar-refractivity contribution in [3.05, 3.63) is 35.8 Å². The van der Waals surface area contributed by atoms with Crippen LogP contribution >= 0.6 is 0 Å². The molecule has 0 unspecified atom stereocenters. The van der Waals surface area contributed by atoms with Crippen molar-refractivity contribution in [2.24, 2.45) is 7.05 Å². The van der Waals surface area contributed by atoms with Crippen LogP contribution < -0.4 is 4.74 Å². The Balaban J connectivity index is 2.70. The number of nitrogens with zero attached hydrogens (tertiary/aromatic N) is 2. The molecule has 0 N–H and O–H groups in total. The van der Waals surface area contributed by atoms with Crippen LogP contribution in [0.5, 0.6) is 5.75 Å². The summed E-state index contributed by atoms with van der Waals surface area (Å²) >= 11 is 0. The first-order valence-electron chi connectivity index (χ1n) is 4.99. The topological polar surface area (TPSA) is 44.1 Å². The number of hydrogen-bond acceptors (Lipinski definition) is 3. The van der Waals surface area contributed by atoms with E-state index < -0.39 is 5.82 Å². The number of carbonyl (C=O) groups is 1. The van der Waals surface area contributed by atoms with Crippen LogP contribution in [0, 0.1) is 5.82 Å². The minimum Gasteiger partial charge on any atom is -0.496 e. The van der Waals surface area contributed by atoms with Gasteiger partial charge in [0, 0.05) is 13.2 Å². The Hall–Kier alpha value is -2.17. The van der Waals surface area contributed by atoms with Crippen molar-refractivity contribution < 1.29 is 13.9 Å². The third kappa shape index (κ3) is 1.91. The van der Waals surface area contributed by atoms with Crippen LogP contribution in [0.4, 0.5) is 4.39 Å². The van der Waals surface area contributed by atoms with Gasteiger partial charge in [-0.15, -0.1) is 0 Å². The molecule has 17 heavy (non-hydrogen) atoms. The summed E-state index contributed by atoms with van der Waals surface area (Å²) in [6, 6.07) is 4.48. The third-order valence-corrected chi connectivity index (χ3v) is 2.42. The van der Waals surface area contributed by atoms with Gasteiger partial charge >= 0.3 is 0 Å². The van der Waals surface area contributed by atoms with Crippen LogP contribution in [0.3, 0.4) is 0 Å². The normalized spacial score (nSPS) is 10.3. The molecule has 0 aliphatic heterocycles. The van der Waals surface area contributed by atoms with E-state index in [0.717, 1.165) is 0 Å². The lowest BCUT2D eigenvalue weighted by Gasteiger charge is -2.07. The number of ether oxygens (including phenoxy) is 1. The minimum atomic E-state index is -0.467. The molecule has 1 aromatic carbocycles. The Morgan fingerprint density at radius 1 is 1.47 bits per heavy atom. The largest absolute Gasteiger partial charge is 0.496 e. The van der Waals surface area contributed by atoms with Crippen molar-refractivity contribution in [3.63, 3.8) is 0 Å². The first kappa shape index (κ1) is 11.3. The highest BCUT2D eigenvalue weighted by atomic mass is 19.1. The predicted molar refractivity (Wildman–Crippen MR) is 60.5 cm³/mol. The van der Waals surface area contributed by atoms with Gasteiger partial charge < -0.3 is 4.74 Å². The lowest BCUT2D eigenvalue weighted by atomic mass is 10.1. The van der Waals surface area contributed by atoms with E-state index in [1.807, 2.05) is 0 Å². The van der Waals surface area contributed by atoms with Crippen LogP contribution in [-0.2, 0) is 7.05 Å². The summed E-state index contributed by atoms with van der Waals surface area (Å²) in [5.74, 6) is -0.113. The average molecular weight is 234 g/mol. The van der Waals surface area contributed by atoms with Gasteiger partial charge in [-0.05, 0) is 12.1 Å². The van der Waals surface area contributed by atoms with Crippen molar-refractivity contribution in [2.45, 2.75) is 0 Å². The second-order valence-electron chi connectivity index (χ2n) is 3.54. The average Bonchev–Trinajstić information content (AvgIpc) is 2.69. The molecule has 5 heteroatoms. The maximum atomic E-state index is 13.8. The van der Waals surface area contributed by atoms with Gasteiger partial charge in [0.05, 0.1) is 18.2 Å². The first-order chi connectivity index (χ1) is 8.17. The van der Waals surface area contributed by atoms with Gasteiger partial charge in [-0.1, -0.05) is 6.07 Å². The highest BCUT2D eigenvalue weighted by Crippen LogP contribution is 2.32. The quantitative estimate of drug-likeness (QED) is 0.763. The Kier molecular flexibility index (Phi) is 2.91. The Bertz CT molecular complexity index is 564. The number of methoxy groups -OCH3 is 1. The SMILES string of the molecule is COc1cccc(F)c1-c1nn(C)cc1C=O. The molecule has 88 valence electrons. The molecule has 0 aliphatic rings. The fourth-order valence-electron chi connectivity index (χ4n) is 1.69. The van der Waals surface area contributed by atoms with Crippen molar-refractivity contribution in [2.75, 3.05) is 7.11 Å². The van der Waals surface area contributed by atoms with Crippen molar-refractivity contribution >= 4 is 6.29 Å². The molecule has 0 saturated heterocycles. The van der Waals surface area contributed by atoms with Crippen molar-refractivity contribution in [1.29, 1.82) is 0 Å². The van der Waals surface area contributed by atoms with Gasteiger partial charge in [0.1, 0.15) is 17.3 Å². The zero-order chi connectivity index (χ0) is 12.4. The number of halogens is 1. The number of carbonyl (C=O) groups excluding carboxylic acids is 1. The van der Waals surface area contributed by atoms with E-state index in [-0.39, 0.29) is 11.3 Å². The number of aldehydes is 1. The van der Waals surface area contributed by atoms with Gasteiger partial charge in [0.25, 0.3) is 0 Å². The number of benzene rings is 1. The fraction of sp³-hybridized carbons (Fsp3) is 0.167. The number of hydrogen-bond donors (Lipinski definition) is 0. The maximum absolute atomic E-state index is 13.8. The summed E-state index contributed by atoms with van der Waals surface area (Å²) in [5.41, 5.74) is 0.825. The molecule has 4 nitrogen and oxygen atoms in total. The molecule has 2 aromatic rings. The van der Waals surface area contributed by atoms with Crippen molar-refractivity contribution in [1.82, 2.24) is 9.78 Å². The zero-order valence-corrected chi connectivity index (χ0v) is 9.48. The van der Waals surface area contributed by atoms with E-state index in [2.05, 4.69) is 5.10 Å². The second-order valence-corrected chi connectivity index (χ2v) is 3.54. The summed E-state index contributed by atoms with van der Waals surface area (Å²) in [7, 11) is 3.12. The van der Waals surface area contributed by atoms with E-state index in [9.17, 15) is 9.18 Å². The summed E-state index contributed by atoms with van der Waals surface area (Å²) in [6.45, 7) is 0. The van der Waals surface area contributed by atoms with Gasteiger partial charge in [-0.25, -0.2) is 4.39 Å². The molecule has 2 rings (SSSR count). The van der Waals surface area contributed by atoms with Crippen LogP contribution in [0.15, 0.2) is 24.4 Å². The number of aryl methyl sites for hydroxylation is 1. The molecule has 0 saturated carbocycles. The summed E-state index contributed by atoms with van der Waals surface area (Å²) in [6.07, 6.45) is 2.18. The monoisotopic (exact) mass is 234 g/mol. The minimum absolute atomic E-state index is 0.206. The van der Waals surface area contributed by atoms with E-state index in [1.54, 1.807) is 19.2 Å². The lowest BCUT2D eigenvalue weighted by molar-refractivity contribution is 0.112. The van der Waals surface area contributed by atoms with E-state index >= 15 is 0 Å². The number of aromatic nitrogens is 2. The van der Waals surface area contributed by atoms with Gasteiger partial charge in [0.15, 0.2) is 6.29 Å². The summed E-state index contributed by atoms with van der Waals surface area (Å²) in [4.78, 5) is 10.9. The molecule has 0 aliphatic carbocycles. The molecular weight excluding hydrogens is 223 g/mol. The lowest BCUT2D eigenvalue weighted by Crippen LogP contribution is -1.95. The molecule has 0 radical (unpaired) electrons. The molecule has 0 fully saturated rings. The molecule has 0 spiro atoms. The standard InChI is InChI=1S/C12H11FN2O2/c1-15-6-8(7-16)12(14-15)11-9(13)4-3-5-10(11)17-2/h3-7H,1-2H3. The van der Waals surface area contributed by atoms with Crippen LogP contribution in [0.1, 0.15) is 10.4 Å². The molecule has 0 atom stereocenters. The van der Waals surface area contributed by atoms with Gasteiger partial charge in [0.2, 0.25) is 0 Å². The fourth-order valence-corrected chi connectivity index (χ4v) is 1.69. The van der Waals surface area contributed by atoms with E-state index in [0.29, 0.717) is 17.6 Å². The molecular formula is C12H11FN2O2. The van der Waals surface area contributed by atoms with Crippen LogP contribution in [0.25, 0.3) is 11.3 Å². The highest BCUT2D eigenvalue weighted by Gasteiger charge is 2.18. The van der Waals surface area contributed by atoms with E-state index in [1.165, 1.54) is 24.1 Å². The predicted octanol–water partition coefficient (Wildman–Crippen LogP) is 2.05.